The summed E-state index contributed by atoms with van der Waals surface area (Å²) in [4.78, 5) is 43.2. The summed E-state index contributed by atoms with van der Waals surface area (Å²) in [5.41, 5.74) is 33.2. The average molecular weight is 1610 g/mol. The molecule has 16 N–H and O–H groups in total. The van der Waals surface area contributed by atoms with Crippen molar-refractivity contribution in [2.45, 2.75) is 20.3 Å². The van der Waals surface area contributed by atoms with Crippen LogP contribution in [-0.2, 0) is 6.42 Å². The van der Waals surface area contributed by atoms with Crippen LogP contribution in [0.3, 0.4) is 0 Å². The number of aromatic amines is 2. The Morgan fingerprint density at radius 2 is 0.694 bits per heavy atom. The monoisotopic (exact) mass is 1610 g/mol. The van der Waals surface area contributed by atoms with Crippen molar-refractivity contribution in [2.75, 3.05) is 24.3 Å². The Morgan fingerprint density at radius 1 is 0.355 bits per heavy atom. The molecule has 5 aromatic heterocycles. The van der Waals surface area contributed by atoms with Gasteiger partial charge in [0.25, 0.3) is 11.1 Å². The number of terminal acetylenes is 5. The van der Waals surface area contributed by atoms with Crippen LogP contribution in [-0.4, -0.2) is 72.9 Å². The molecule has 0 bridgehead atoms. The van der Waals surface area contributed by atoms with E-state index in [0.717, 1.165) is 40.1 Å². The molecule has 0 aliphatic heterocycles. The second-order valence-corrected chi connectivity index (χ2v) is 26.6. The number of pyridine rings is 5. The SMILES string of the molecule is C#Cc1c(-c2ccc(O)c(O)c2)cc(-c2ccc(F)cc2)[nH]c1=O.C#Cc1c(-c2ccc(O)c(O)c2)cc(-c2ccc(F)cc2)nc1N.C#Cc1c(-c2ccccc2O)cc(-c2ccc(F)cc2)nc1N.C#Cc1c(-c2ccccc2O)cc(-c2ccc(OC)cc2)[nH]c1=O.C#Cc1c(N)nc(-c2ccc(CC)cc2)c(C)c1-c1ccc(O)c(O)c1. The molecule has 121 heavy (non-hydrogen) atoms. The lowest BCUT2D eigenvalue weighted by atomic mass is 9.92. The molecular formula is C99H73F3N8O11. The van der Waals surface area contributed by atoms with Crippen molar-refractivity contribution in [1.29, 1.82) is 0 Å². The number of anilines is 3. The van der Waals surface area contributed by atoms with Crippen molar-refractivity contribution in [3.05, 3.63) is 326 Å². The molecule has 10 aromatic carbocycles. The molecule has 15 rings (SSSR count). The van der Waals surface area contributed by atoms with E-state index in [-0.39, 0.29) is 97.6 Å². The number of phenolic OH excluding ortho intramolecular Hbond substituents is 8. The summed E-state index contributed by atoms with van der Waals surface area (Å²) in [6.07, 6.45) is 28.6. The molecule has 0 fully saturated rings. The van der Waals surface area contributed by atoms with E-state index in [4.69, 9.17) is 54.1 Å². The van der Waals surface area contributed by atoms with E-state index in [1.165, 1.54) is 90.5 Å². The summed E-state index contributed by atoms with van der Waals surface area (Å²) >= 11 is 0. The highest BCUT2D eigenvalue weighted by Crippen LogP contribution is 2.42. The predicted molar refractivity (Wildman–Crippen MR) is 468 cm³/mol. The van der Waals surface area contributed by atoms with E-state index in [2.05, 4.69) is 73.6 Å². The van der Waals surface area contributed by atoms with Crippen LogP contribution in [0, 0.1) is 86.1 Å². The number of hydrogen-bond donors (Lipinski definition) is 13. The van der Waals surface area contributed by atoms with Gasteiger partial charge in [0, 0.05) is 67.0 Å². The van der Waals surface area contributed by atoms with E-state index < -0.39 is 5.56 Å². The lowest BCUT2D eigenvalue weighted by Gasteiger charge is -2.16. The van der Waals surface area contributed by atoms with Gasteiger partial charge in [0.05, 0.1) is 52.0 Å². The molecule has 19 nitrogen and oxygen atoms in total. The van der Waals surface area contributed by atoms with Gasteiger partial charge in [-0.05, 0) is 222 Å². The molecule has 0 aliphatic rings. The zero-order valence-electron chi connectivity index (χ0n) is 64.8. The van der Waals surface area contributed by atoms with Crippen molar-refractivity contribution in [2.24, 2.45) is 0 Å². The first-order valence-electron chi connectivity index (χ1n) is 36.6. The smallest absolute Gasteiger partial charge is 0.264 e. The predicted octanol–water partition coefficient (Wildman–Crippen LogP) is 18.3. The molecular weight excluding hydrogens is 1530 g/mol. The van der Waals surface area contributed by atoms with Crippen molar-refractivity contribution in [3.8, 4) is 225 Å². The maximum Gasteiger partial charge on any atom is 0.264 e. The normalized spacial score (nSPS) is 10.3. The lowest BCUT2D eigenvalue weighted by Crippen LogP contribution is -2.12. The molecule has 0 saturated heterocycles. The summed E-state index contributed by atoms with van der Waals surface area (Å²) in [5, 5.41) is 78.0. The number of aromatic nitrogens is 5. The van der Waals surface area contributed by atoms with Gasteiger partial charge in [-0.3, -0.25) is 9.59 Å². The largest absolute Gasteiger partial charge is 0.507 e. The molecule has 0 spiro atoms. The fourth-order valence-electron chi connectivity index (χ4n) is 12.8. The highest BCUT2D eigenvalue weighted by Gasteiger charge is 2.22. The van der Waals surface area contributed by atoms with Gasteiger partial charge >= 0.3 is 0 Å². The molecule has 596 valence electrons. The molecule has 22 heteroatoms. The number of halogens is 3. The zero-order valence-corrected chi connectivity index (χ0v) is 64.8. The number of methoxy groups -OCH3 is 1. The van der Waals surface area contributed by atoms with Crippen LogP contribution in [0.25, 0.3) is 112 Å². The zero-order chi connectivity index (χ0) is 86.9. The molecule has 0 saturated carbocycles. The summed E-state index contributed by atoms with van der Waals surface area (Å²) in [5.74, 6) is 11.3. The number of aromatic hydroxyl groups is 8. The minimum Gasteiger partial charge on any atom is -0.507 e. The molecule has 0 atom stereocenters. The number of benzene rings is 10. The Hall–Kier alpha value is -17.3. The number of nitrogens with one attached hydrogen (secondary N) is 2. The van der Waals surface area contributed by atoms with E-state index in [0.29, 0.717) is 106 Å². The Labute approximate surface area is 693 Å². The van der Waals surface area contributed by atoms with Crippen molar-refractivity contribution in [1.82, 2.24) is 24.9 Å². The van der Waals surface area contributed by atoms with E-state index in [1.807, 2.05) is 43.3 Å². The minimum absolute atomic E-state index is 0.0697. The molecule has 0 aliphatic carbocycles. The fraction of sp³-hybridized carbons (Fsp3) is 0.0404. The first kappa shape index (κ1) is 84.6. The number of H-pyrrole nitrogens is 2. The third-order valence-corrected chi connectivity index (χ3v) is 19.0. The van der Waals surface area contributed by atoms with Gasteiger partial charge in [0.15, 0.2) is 34.5 Å². The van der Waals surface area contributed by atoms with Crippen LogP contribution >= 0.6 is 0 Å². The van der Waals surface area contributed by atoms with Crippen LogP contribution in [0.4, 0.5) is 30.6 Å². The van der Waals surface area contributed by atoms with E-state index in [1.54, 1.807) is 122 Å². The number of ether oxygens (including phenoxy) is 1. The van der Waals surface area contributed by atoms with Crippen LogP contribution in [0.2, 0.25) is 0 Å². The number of aryl methyl sites for hydroxylation is 1. The van der Waals surface area contributed by atoms with Crippen molar-refractivity contribution in [3.63, 3.8) is 0 Å². The van der Waals surface area contributed by atoms with Crippen molar-refractivity contribution >= 4 is 17.5 Å². The quantitative estimate of drug-likeness (QED) is 0.0399. The number of nitrogen functional groups attached to an aromatic ring is 3. The van der Waals surface area contributed by atoms with Gasteiger partial charge in [-0.15, -0.1) is 32.1 Å². The third-order valence-electron chi connectivity index (χ3n) is 19.0. The van der Waals surface area contributed by atoms with Crippen LogP contribution < -0.4 is 33.1 Å². The Morgan fingerprint density at radius 3 is 1.11 bits per heavy atom. The second-order valence-electron chi connectivity index (χ2n) is 26.6. The number of nitrogens with zero attached hydrogens (tertiary/aromatic N) is 3. The molecule has 0 radical (unpaired) electrons. The second kappa shape index (κ2) is 37.8. The van der Waals surface area contributed by atoms with Crippen molar-refractivity contribution < 1.29 is 58.8 Å². The minimum atomic E-state index is -0.470. The standard InChI is InChI=1S/C22H20N2O2.C20H15NO3.C19H13FN2O2.C19H13FN2O.C19H12FNO3/c1-4-14-6-8-15(9-7-14)21-13(3)20(17(5-2)22(23)24-21)16-10-11-18(25)19(26)12-16;1-3-15-17(16-6-4-5-7-19(16)22)12-18(21-20(15)23)13-8-10-14(24-2)11-9-13;1-2-14-15(12-5-8-17(23)18(24)9-12)10-16(22-19(14)21)11-3-6-13(20)7-4-11;1-2-14-16(15-5-3-4-6-18(15)23)11-17(22-19(14)21)12-7-9-13(20)10-8-12;1-2-14-15(12-5-8-17(22)18(23)9-12)10-16(21-19(14)24)11-3-6-13(20)7-4-11/h2,6-12,25-26H,4H2,1,3H3,(H2,23,24);1,4-12,22H,2H3,(H,21,23);1,3-10,23-24H,(H2,21,22);1,3-11,23H,(H2,21,22);1,3-10,22-23H,(H,21,24). The summed E-state index contributed by atoms with van der Waals surface area (Å²) in [6.45, 7) is 4.03. The fourth-order valence-corrected chi connectivity index (χ4v) is 12.8. The third kappa shape index (κ3) is 19.4. The maximum absolute atomic E-state index is 13.1. The topological polar surface area (TPSA) is 354 Å². The van der Waals surface area contributed by atoms with Gasteiger partial charge in [0.2, 0.25) is 0 Å². The molecule has 5 heterocycles. The summed E-state index contributed by atoms with van der Waals surface area (Å²) in [7, 11) is 1.59. The first-order valence-corrected chi connectivity index (χ1v) is 36.6. The number of para-hydroxylation sites is 2. The summed E-state index contributed by atoms with van der Waals surface area (Å²) < 4.78 is 44.4. The van der Waals surface area contributed by atoms with Crippen LogP contribution in [0.15, 0.2) is 258 Å². The molecule has 15 aromatic rings. The highest BCUT2D eigenvalue weighted by molar-refractivity contribution is 5.88. The number of hydrogen-bond acceptors (Lipinski definition) is 17. The number of rotatable bonds is 12. The molecule has 0 unspecified atom stereocenters. The first-order chi connectivity index (χ1) is 58.2. The van der Waals surface area contributed by atoms with Gasteiger partial charge in [0.1, 0.15) is 52.2 Å². The lowest BCUT2D eigenvalue weighted by molar-refractivity contribution is 0.404. The maximum atomic E-state index is 13.1. The Kier molecular flexibility index (Phi) is 26.4. The Bertz CT molecular complexity index is 6780. The van der Waals surface area contributed by atoms with E-state index in [9.17, 15) is 63.6 Å². The number of nitrogens with two attached hydrogens (primary N) is 3. The average Bonchev–Trinajstić information content (AvgIpc) is 0.782. The Balaban J connectivity index is 0.000000148. The van der Waals surface area contributed by atoms with Gasteiger partial charge < -0.3 is 72.8 Å². The summed E-state index contributed by atoms with van der Waals surface area (Å²) in [6, 6.07) is 66.5. The van der Waals surface area contributed by atoms with Gasteiger partial charge in [-0.25, -0.2) is 28.1 Å². The van der Waals surface area contributed by atoms with Crippen LogP contribution in [0.1, 0.15) is 45.9 Å². The van der Waals surface area contributed by atoms with Gasteiger partial charge in [-0.1, -0.05) is 115 Å². The highest BCUT2D eigenvalue weighted by atomic mass is 19.1. The van der Waals surface area contributed by atoms with E-state index >= 15 is 0 Å². The van der Waals surface area contributed by atoms with Gasteiger partial charge in [-0.2, -0.15) is 0 Å². The molecule has 0 amide bonds. The number of phenols is 8. The van der Waals surface area contributed by atoms with Crippen LogP contribution in [0.5, 0.6) is 51.7 Å².